The molecule has 2 atom stereocenters. The summed E-state index contributed by atoms with van der Waals surface area (Å²) in [4.78, 5) is 51.3. The standard InChI is InChI=1S/C33H36N2O7/c1-3-4-13-25(31(37)35-26(32(38)39)15-20-10-6-5-7-11-20)34-30(36)17-23-19(2)22-16-24-21-12-8-9-14-27(21)41-29(24)18-28(22)42-33(23)40/h5-7,10-11,16,18,25-26H,3-4,8-9,12-15,17H2,1-2H3,(H,34,36)(H,35,37)(H,38,39)/t25?,26-/m0/s1. The van der Waals surface area contributed by atoms with E-state index in [4.69, 9.17) is 8.83 Å². The lowest BCUT2D eigenvalue weighted by atomic mass is 9.94. The smallest absolute Gasteiger partial charge is 0.340 e. The van der Waals surface area contributed by atoms with Gasteiger partial charge in [-0.15, -0.1) is 0 Å². The number of fused-ring (bicyclic) bond motifs is 4. The first-order valence-electron chi connectivity index (χ1n) is 14.6. The number of amides is 2. The number of hydrogen-bond donors (Lipinski definition) is 3. The van der Waals surface area contributed by atoms with Gasteiger partial charge in [-0.3, -0.25) is 9.59 Å². The normalized spacial score (nSPS) is 14.3. The number of carboxylic acids is 1. The Morgan fingerprint density at radius 2 is 1.69 bits per heavy atom. The van der Waals surface area contributed by atoms with E-state index in [1.165, 1.54) is 5.56 Å². The second kappa shape index (κ2) is 12.6. The number of carbonyl (C=O) groups excluding carboxylic acids is 2. The third-order valence-electron chi connectivity index (χ3n) is 8.10. The van der Waals surface area contributed by atoms with E-state index < -0.39 is 35.5 Å². The Hall–Kier alpha value is -4.40. The van der Waals surface area contributed by atoms with Crippen LogP contribution in [0.5, 0.6) is 0 Å². The van der Waals surface area contributed by atoms with Gasteiger partial charge in [0.05, 0.1) is 12.0 Å². The number of benzene rings is 2. The average Bonchev–Trinajstić information content (AvgIpc) is 3.34. The minimum atomic E-state index is -1.16. The zero-order valence-electron chi connectivity index (χ0n) is 24.0. The number of hydrogen-bond acceptors (Lipinski definition) is 6. The number of furan rings is 1. The Morgan fingerprint density at radius 3 is 2.43 bits per heavy atom. The number of aryl methyl sites for hydroxylation is 3. The number of carbonyl (C=O) groups is 3. The topological polar surface area (TPSA) is 139 Å². The molecule has 9 nitrogen and oxygen atoms in total. The van der Waals surface area contributed by atoms with Gasteiger partial charge in [-0.2, -0.15) is 0 Å². The van der Waals surface area contributed by atoms with Crippen LogP contribution in [-0.2, 0) is 40.1 Å². The van der Waals surface area contributed by atoms with Gasteiger partial charge in [0, 0.05) is 35.2 Å². The van der Waals surface area contributed by atoms with Crippen molar-refractivity contribution in [3.63, 3.8) is 0 Å². The molecule has 0 bridgehead atoms. The summed E-state index contributed by atoms with van der Waals surface area (Å²) in [6, 6.07) is 10.7. The maximum atomic E-state index is 13.2. The van der Waals surface area contributed by atoms with Crippen LogP contribution in [0.15, 0.2) is 56.1 Å². The molecular weight excluding hydrogens is 536 g/mol. The molecule has 0 aliphatic heterocycles. The summed E-state index contributed by atoms with van der Waals surface area (Å²) in [7, 11) is 0. The van der Waals surface area contributed by atoms with Crippen LogP contribution in [0.2, 0.25) is 0 Å². The Morgan fingerprint density at radius 1 is 0.952 bits per heavy atom. The van der Waals surface area contributed by atoms with E-state index >= 15 is 0 Å². The molecule has 220 valence electrons. The number of nitrogens with one attached hydrogen (secondary N) is 2. The Bertz CT molecular complexity index is 1690. The van der Waals surface area contributed by atoms with Crippen molar-refractivity contribution in [2.45, 2.75) is 83.7 Å². The minimum absolute atomic E-state index is 0.112. The van der Waals surface area contributed by atoms with E-state index in [9.17, 15) is 24.3 Å². The quantitative estimate of drug-likeness (QED) is 0.220. The van der Waals surface area contributed by atoms with Crippen molar-refractivity contribution in [3.05, 3.63) is 80.9 Å². The molecule has 5 rings (SSSR count). The fraction of sp³-hybridized carbons (Fsp3) is 0.394. The van der Waals surface area contributed by atoms with Gasteiger partial charge in [0.1, 0.15) is 29.0 Å². The van der Waals surface area contributed by atoms with E-state index in [-0.39, 0.29) is 18.4 Å². The molecular formula is C33H36N2O7. The van der Waals surface area contributed by atoms with Crippen LogP contribution >= 0.6 is 0 Å². The molecule has 2 amide bonds. The maximum absolute atomic E-state index is 13.2. The van der Waals surface area contributed by atoms with Gasteiger partial charge in [-0.25, -0.2) is 9.59 Å². The van der Waals surface area contributed by atoms with Gasteiger partial charge in [0.15, 0.2) is 0 Å². The van der Waals surface area contributed by atoms with Crippen LogP contribution in [0, 0.1) is 6.92 Å². The van der Waals surface area contributed by atoms with Crippen LogP contribution in [0.4, 0.5) is 0 Å². The van der Waals surface area contributed by atoms with Crippen molar-refractivity contribution in [2.24, 2.45) is 0 Å². The second-order valence-corrected chi connectivity index (χ2v) is 11.1. The molecule has 1 aliphatic carbocycles. The van der Waals surface area contributed by atoms with Gasteiger partial charge in [0.2, 0.25) is 11.8 Å². The van der Waals surface area contributed by atoms with Crippen LogP contribution in [0.25, 0.3) is 21.9 Å². The SMILES string of the molecule is CCCCC(NC(=O)Cc1c(C)c2cc3c4c(oc3cc2oc1=O)CCCC4)C(=O)N[C@@H](Cc1ccccc1)C(=O)O. The lowest BCUT2D eigenvalue weighted by Gasteiger charge is -2.22. The van der Waals surface area contributed by atoms with E-state index in [0.29, 0.717) is 29.6 Å². The molecule has 0 saturated carbocycles. The van der Waals surface area contributed by atoms with Crippen LogP contribution in [0.1, 0.15) is 67.0 Å². The van der Waals surface area contributed by atoms with Crippen molar-refractivity contribution in [1.82, 2.24) is 10.6 Å². The highest BCUT2D eigenvalue weighted by Gasteiger charge is 2.27. The van der Waals surface area contributed by atoms with Crippen LogP contribution in [-0.4, -0.2) is 35.0 Å². The summed E-state index contributed by atoms with van der Waals surface area (Å²) in [6.07, 6.45) is 5.62. The molecule has 2 aromatic heterocycles. The van der Waals surface area contributed by atoms with Crippen LogP contribution in [0.3, 0.4) is 0 Å². The molecule has 0 saturated heterocycles. The van der Waals surface area contributed by atoms with Gasteiger partial charge in [0.25, 0.3) is 0 Å². The van der Waals surface area contributed by atoms with Crippen molar-refractivity contribution in [3.8, 4) is 0 Å². The lowest BCUT2D eigenvalue weighted by Crippen LogP contribution is -2.52. The highest BCUT2D eigenvalue weighted by atomic mass is 16.4. The molecule has 9 heteroatoms. The van der Waals surface area contributed by atoms with Crippen molar-refractivity contribution >= 4 is 39.7 Å². The summed E-state index contributed by atoms with van der Waals surface area (Å²) >= 11 is 0. The van der Waals surface area contributed by atoms with Gasteiger partial charge >= 0.3 is 11.6 Å². The van der Waals surface area contributed by atoms with E-state index in [1.807, 2.05) is 19.1 Å². The zero-order valence-corrected chi connectivity index (χ0v) is 24.0. The molecule has 4 aromatic rings. The summed E-state index contributed by atoms with van der Waals surface area (Å²) < 4.78 is 11.7. The number of rotatable bonds is 11. The molecule has 2 heterocycles. The first kappa shape index (κ1) is 29.1. The van der Waals surface area contributed by atoms with Crippen molar-refractivity contribution in [2.75, 3.05) is 0 Å². The highest BCUT2D eigenvalue weighted by Crippen LogP contribution is 2.35. The summed E-state index contributed by atoms with van der Waals surface area (Å²) in [5.74, 6) is -1.27. The van der Waals surface area contributed by atoms with E-state index in [0.717, 1.165) is 54.2 Å². The molecule has 42 heavy (non-hydrogen) atoms. The minimum Gasteiger partial charge on any atom is -0.480 e. The second-order valence-electron chi connectivity index (χ2n) is 11.1. The first-order chi connectivity index (χ1) is 20.2. The highest BCUT2D eigenvalue weighted by molar-refractivity contribution is 5.97. The molecule has 2 aromatic carbocycles. The third-order valence-corrected chi connectivity index (χ3v) is 8.10. The van der Waals surface area contributed by atoms with Gasteiger partial charge < -0.3 is 24.6 Å². The monoisotopic (exact) mass is 572 g/mol. The number of aliphatic carboxylic acids is 1. The average molecular weight is 573 g/mol. The third kappa shape index (κ3) is 6.25. The molecule has 0 radical (unpaired) electrons. The Balaban J connectivity index is 1.35. The van der Waals surface area contributed by atoms with Gasteiger partial charge in [-0.1, -0.05) is 50.1 Å². The largest absolute Gasteiger partial charge is 0.480 e. The zero-order chi connectivity index (χ0) is 29.8. The Labute approximate surface area is 243 Å². The van der Waals surface area contributed by atoms with Crippen LogP contribution < -0.4 is 16.3 Å². The van der Waals surface area contributed by atoms with Crippen molar-refractivity contribution < 1.29 is 28.3 Å². The lowest BCUT2D eigenvalue weighted by molar-refractivity contribution is -0.142. The van der Waals surface area contributed by atoms with E-state index in [2.05, 4.69) is 10.6 Å². The fourth-order valence-corrected chi connectivity index (χ4v) is 5.75. The predicted octanol–water partition coefficient (Wildman–Crippen LogP) is 4.76. The molecule has 0 fully saturated rings. The Kier molecular flexibility index (Phi) is 8.75. The maximum Gasteiger partial charge on any atom is 0.340 e. The summed E-state index contributed by atoms with van der Waals surface area (Å²) in [6.45, 7) is 3.76. The predicted molar refractivity (Wildman–Crippen MR) is 159 cm³/mol. The molecule has 1 unspecified atom stereocenters. The summed E-state index contributed by atoms with van der Waals surface area (Å²) in [5, 5.41) is 16.8. The molecule has 3 N–H and O–H groups in total. The van der Waals surface area contributed by atoms with Crippen molar-refractivity contribution in [1.29, 1.82) is 0 Å². The molecule has 1 aliphatic rings. The number of unbranched alkanes of at least 4 members (excludes halogenated alkanes) is 1. The fourth-order valence-electron chi connectivity index (χ4n) is 5.75. The number of carboxylic acid groups (broad SMARTS) is 1. The molecule has 0 spiro atoms. The van der Waals surface area contributed by atoms with E-state index in [1.54, 1.807) is 37.3 Å². The summed E-state index contributed by atoms with van der Waals surface area (Å²) in [5.41, 5.74) is 3.31. The first-order valence-corrected chi connectivity index (χ1v) is 14.6. The van der Waals surface area contributed by atoms with Gasteiger partial charge in [-0.05, 0) is 49.8 Å².